The summed E-state index contributed by atoms with van der Waals surface area (Å²) in [4.78, 5) is 48.1. The molecule has 0 unspecified atom stereocenters. The van der Waals surface area contributed by atoms with Gasteiger partial charge in [-0.1, -0.05) is 18.2 Å². The molecule has 9 heteroatoms. The van der Waals surface area contributed by atoms with Crippen LogP contribution < -0.4 is 5.32 Å². The van der Waals surface area contributed by atoms with Crippen LogP contribution in [0, 0.1) is 0 Å². The van der Waals surface area contributed by atoms with E-state index in [-0.39, 0.29) is 28.9 Å². The molecule has 2 aromatic heterocycles. The molecule has 1 aliphatic heterocycles. The number of halogens is 1. The molecule has 156 valence electrons. The molecule has 0 radical (unpaired) electrons. The molecule has 2 aromatic rings. The molecule has 1 N–H and O–H groups in total. The molecular formula is C21H22ClN5O3. The molecule has 1 atom stereocenters. The third-order valence-corrected chi connectivity index (χ3v) is 5.19. The summed E-state index contributed by atoms with van der Waals surface area (Å²) < 4.78 is 0. The first-order chi connectivity index (χ1) is 14.3. The molecule has 3 rings (SSSR count). The van der Waals surface area contributed by atoms with Gasteiger partial charge in [0, 0.05) is 51.6 Å². The van der Waals surface area contributed by atoms with Crippen LogP contribution in [0.5, 0.6) is 0 Å². The Balaban J connectivity index is 2.02. The zero-order valence-corrected chi connectivity index (χ0v) is 17.5. The SMILES string of the molecule is C=CC(=O)N1CCN(C(C)=O)[C@H](c2cc(Cl)nc(-c3cncc(C(=O)NC)c3)c2)C1. The summed E-state index contributed by atoms with van der Waals surface area (Å²) in [6.45, 7) is 6.20. The number of carbonyl (C=O) groups is 3. The van der Waals surface area contributed by atoms with E-state index in [0.717, 1.165) is 5.56 Å². The number of rotatable bonds is 4. The van der Waals surface area contributed by atoms with E-state index in [1.807, 2.05) is 0 Å². The van der Waals surface area contributed by atoms with Gasteiger partial charge in [-0.15, -0.1) is 0 Å². The molecule has 1 saturated heterocycles. The highest BCUT2D eigenvalue weighted by molar-refractivity contribution is 6.29. The van der Waals surface area contributed by atoms with Crippen molar-refractivity contribution in [3.63, 3.8) is 0 Å². The highest BCUT2D eigenvalue weighted by Gasteiger charge is 2.32. The largest absolute Gasteiger partial charge is 0.355 e. The summed E-state index contributed by atoms with van der Waals surface area (Å²) in [5, 5.41) is 2.80. The fourth-order valence-corrected chi connectivity index (χ4v) is 3.70. The first kappa shape index (κ1) is 21.4. The number of carbonyl (C=O) groups excluding carboxylic acids is 3. The minimum atomic E-state index is -0.380. The predicted octanol–water partition coefficient (Wildman–Crippen LogP) is 2.07. The van der Waals surface area contributed by atoms with Crippen molar-refractivity contribution in [3.05, 3.63) is 59.5 Å². The van der Waals surface area contributed by atoms with Crippen molar-refractivity contribution in [2.24, 2.45) is 0 Å². The molecule has 0 aromatic carbocycles. The van der Waals surface area contributed by atoms with Crippen LogP contribution in [0.2, 0.25) is 5.15 Å². The van der Waals surface area contributed by atoms with Crippen LogP contribution in [-0.4, -0.2) is 64.2 Å². The number of piperazine rings is 1. The van der Waals surface area contributed by atoms with Gasteiger partial charge in [0.1, 0.15) is 5.15 Å². The molecule has 3 heterocycles. The Morgan fingerprint density at radius 3 is 2.67 bits per heavy atom. The van der Waals surface area contributed by atoms with E-state index in [2.05, 4.69) is 21.9 Å². The van der Waals surface area contributed by atoms with Crippen LogP contribution in [0.15, 0.2) is 43.2 Å². The zero-order chi connectivity index (χ0) is 21.8. The maximum absolute atomic E-state index is 12.2. The highest BCUT2D eigenvalue weighted by Crippen LogP contribution is 2.30. The van der Waals surface area contributed by atoms with Crippen molar-refractivity contribution in [3.8, 4) is 11.3 Å². The molecule has 0 bridgehead atoms. The topological polar surface area (TPSA) is 95.5 Å². The quantitative estimate of drug-likeness (QED) is 0.595. The average molecular weight is 428 g/mol. The summed E-state index contributed by atoms with van der Waals surface area (Å²) in [6.07, 6.45) is 4.32. The number of hydrogen-bond acceptors (Lipinski definition) is 5. The predicted molar refractivity (Wildman–Crippen MR) is 113 cm³/mol. The number of nitrogens with one attached hydrogen (secondary N) is 1. The van der Waals surface area contributed by atoms with Gasteiger partial charge in [-0.2, -0.15) is 0 Å². The Hall–Kier alpha value is -3.26. The highest BCUT2D eigenvalue weighted by atomic mass is 35.5. The maximum Gasteiger partial charge on any atom is 0.252 e. The second-order valence-electron chi connectivity index (χ2n) is 6.87. The van der Waals surface area contributed by atoms with Crippen LogP contribution >= 0.6 is 11.6 Å². The van der Waals surface area contributed by atoms with E-state index in [9.17, 15) is 14.4 Å². The van der Waals surface area contributed by atoms with Crippen LogP contribution in [0.1, 0.15) is 28.9 Å². The Kier molecular flexibility index (Phi) is 6.47. The van der Waals surface area contributed by atoms with Gasteiger partial charge in [0.2, 0.25) is 11.8 Å². The van der Waals surface area contributed by atoms with Crippen molar-refractivity contribution in [1.82, 2.24) is 25.1 Å². The van der Waals surface area contributed by atoms with E-state index < -0.39 is 0 Å². The maximum atomic E-state index is 12.2. The minimum absolute atomic E-state index is 0.0940. The molecule has 1 aliphatic rings. The first-order valence-electron chi connectivity index (χ1n) is 9.37. The van der Waals surface area contributed by atoms with Gasteiger partial charge in [0.25, 0.3) is 5.91 Å². The van der Waals surface area contributed by atoms with Crippen LogP contribution in [-0.2, 0) is 9.59 Å². The monoisotopic (exact) mass is 427 g/mol. The molecule has 0 saturated carbocycles. The minimum Gasteiger partial charge on any atom is -0.355 e. The number of amides is 3. The number of nitrogens with zero attached hydrogens (tertiary/aromatic N) is 4. The first-order valence-corrected chi connectivity index (χ1v) is 9.75. The summed E-state index contributed by atoms with van der Waals surface area (Å²) in [7, 11) is 1.54. The lowest BCUT2D eigenvalue weighted by molar-refractivity contribution is -0.139. The van der Waals surface area contributed by atoms with Gasteiger partial charge in [-0.3, -0.25) is 19.4 Å². The van der Waals surface area contributed by atoms with Crippen LogP contribution in [0.25, 0.3) is 11.3 Å². The van der Waals surface area contributed by atoms with Crippen LogP contribution in [0.4, 0.5) is 0 Å². The van der Waals surface area contributed by atoms with Crippen molar-refractivity contribution in [1.29, 1.82) is 0 Å². The van der Waals surface area contributed by atoms with Gasteiger partial charge >= 0.3 is 0 Å². The lowest BCUT2D eigenvalue weighted by atomic mass is 10.0. The molecule has 1 fully saturated rings. The van der Waals surface area contributed by atoms with E-state index in [1.54, 1.807) is 41.2 Å². The zero-order valence-electron chi connectivity index (χ0n) is 16.8. The van der Waals surface area contributed by atoms with Crippen LogP contribution in [0.3, 0.4) is 0 Å². The Bertz CT molecular complexity index is 1010. The van der Waals surface area contributed by atoms with E-state index in [4.69, 9.17) is 11.6 Å². The summed E-state index contributed by atoms with van der Waals surface area (Å²) in [6, 6.07) is 4.78. The second-order valence-corrected chi connectivity index (χ2v) is 7.25. The Morgan fingerprint density at radius 1 is 1.23 bits per heavy atom. The smallest absolute Gasteiger partial charge is 0.252 e. The van der Waals surface area contributed by atoms with Gasteiger partial charge < -0.3 is 15.1 Å². The van der Waals surface area contributed by atoms with Crippen molar-refractivity contribution < 1.29 is 14.4 Å². The Morgan fingerprint density at radius 2 is 2.00 bits per heavy atom. The normalized spacial score (nSPS) is 16.2. The molecular weight excluding hydrogens is 406 g/mol. The van der Waals surface area contributed by atoms with Crippen molar-refractivity contribution in [2.45, 2.75) is 13.0 Å². The average Bonchev–Trinajstić information content (AvgIpc) is 2.77. The second kappa shape index (κ2) is 9.04. The summed E-state index contributed by atoms with van der Waals surface area (Å²) in [5.74, 6) is -0.547. The fourth-order valence-electron chi connectivity index (χ4n) is 3.48. The fraction of sp³-hybridized carbons (Fsp3) is 0.286. The lowest BCUT2D eigenvalue weighted by Gasteiger charge is -2.41. The molecule has 3 amide bonds. The summed E-state index contributed by atoms with van der Waals surface area (Å²) in [5.41, 5.74) is 2.27. The van der Waals surface area contributed by atoms with Gasteiger partial charge in [0.15, 0.2) is 0 Å². The number of hydrogen-bond donors (Lipinski definition) is 1. The van der Waals surface area contributed by atoms with Gasteiger partial charge in [-0.05, 0) is 29.8 Å². The lowest BCUT2D eigenvalue weighted by Crippen LogP contribution is -2.51. The summed E-state index contributed by atoms with van der Waals surface area (Å²) >= 11 is 6.29. The van der Waals surface area contributed by atoms with Gasteiger partial charge in [-0.25, -0.2) is 4.98 Å². The van der Waals surface area contributed by atoms with E-state index in [0.29, 0.717) is 36.5 Å². The van der Waals surface area contributed by atoms with Crippen molar-refractivity contribution in [2.75, 3.05) is 26.7 Å². The third kappa shape index (κ3) is 4.49. The number of pyridine rings is 2. The van der Waals surface area contributed by atoms with E-state index >= 15 is 0 Å². The number of aromatic nitrogens is 2. The standard InChI is InChI=1S/C21H22ClN5O3/c1-4-20(29)26-5-6-27(13(2)28)18(12-26)14-8-17(25-19(22)9-14)15-7-16(11-24-10-15)21(30)23-3/h4,7-11,18H,1,5-6,12H2,2-3H3,(H,23,30)/t18-/m0/s1. The molecule has 8 nitrogen and oxygen atoms in total. The molecule has 30 heavy (non-hydrogen) atoms. The molecule has 0 aliphatic carbocycles. The van der Waals surface area contributed by atoms with Gasteiger partial charge in [0.05, 0.1) is 17.3 Å². The van der Waals surface area contributed by atoms with E-state index in [1.165, 1.54) is 19.2 Å². The third-order valence-electron chi connectivity index (χ3n) is 5.00. The van der Waals surface area contributed by atoms with Crippen molar-refractivity contribution >= 4 is 29.3 Å². The molecule has 0 spiro atoms. The Labute approximate surface area is 179 Å².